The van der Waals surface area contributed by atoms with E-state index in [4.69, 9.17) is 9.47 Å². The van der Waals surface area contributed by atoms with E-state index in [0.29, 0.717) is 48.3 Å². The number of aromatic nitrogens is 1. The topological polar surface area (TPSA) is 95.0 Å². The molecule has 2 fully saturated rings. The Labute approximate surface area is 229 Å². The average Bonchev–Trinajstić information content (AvgIpc) is 3.46. The maximum absolute atomic E-state index is 14.2. The van der Waals surface area contributed by atoms with Crippen LogP contribution in [0.3, 0.4) is 0 Å². The van der Waals surface area contributed by atoms with Gasteiger partial charge >= 0.3 is 6.03 Å². The number of methoxy groups -OCH3 is 1. The van der Waals surface area contributed by atoms with E-state index in [1.165, 1.54) is 5.56 Å². The van der Waals surface area contributed by atoms with Crippen LogP contribution in [0.5, 0.6) is 11.5 Å². The molecular formula is C30H38N5O4+. The normalized spacial score (nSPS) is 17.8. The fraction of sp³-hybridized carbons (Fsp3) is 0.400. The molecular weight excluding hydrogens is 494 g/mol. The van der Waals surface area contributed by atoms with Gasteiger partial charge in [-0.1, -0.05) is 12.1 Å². The summed E-state index contributed by atoms with van der Waals surface area (Å²) in [4.78, 5) is 24.5. The van der Waals surface area contributed by atoms with Crippen molar-refractivity contribution in [2.75, 3.05) is 36.5 Å². The zero-order valence-electron chi connectivity index (χ0n) is 22.9. The molecule has 1 aliphatic carbocycles. The highest BCUT2D eigenvalue weighted by molar-refractivity contribution is 6.00. The molecule has 0 spiro atoms. The fourth-order valence-electron chi connectivity index (χ4n) is 5.57. The van der Waals surface area contributed by atoms with Crippen LogP contribution in [-0.2, 0) is 0 Å². The summed E-state index contributed by atoms with van der Waals surface area (Å²) >= 11 is 0. The van der Waals surface area contributed by atoms with Gasteiger partial charge in [-0.05, 0) is 75.4 Å². The van der Waals surface area contributed by atoms with E-state index in [2.05, 4.69) is 48.0 Å². The van der Waals surface area contributed by atoms with Gasteiger partial charge in [0.25, 0.3) is 0 Å². The number of aryl methyl sites for hydroxylation is 1. The van der Waals surface area contributed by atoms with E-state index in [9.17, 15) is 10.0 Å². The maximum atomic E-state index is 14.2. The first-order valence-corrected chi connectivity index (χ1v) is 13.7. The Balaban J connectivity index is 1.47. The van der Waals surface area contributed by atoms with E-state index in [1.807, 2.05) is 23.1 Å². The molecule has 9 heteroatoms. The lowest BCUT2D eigenvalue weighted by molar-refractivity contribution is -0.825. The third-order valence-electron chi connectivity index (χ3n) is 7.59. The van der Waals surface area contributed by atoms with Gasteiger partial charge in [0.1, 0.15) is 0 Å². The minimum absolute atomic E-state index is 0.121. The van der Waals surface area contributed by atoms with Gasteiger partial charge < -0.3 is 19.3 Å². The number of carbonyl (C=O) groups excluding carboxylic acids is 1. The highest BCUT2D eigenvalue weighted by Gasteiger charge is 2.34. The molecule has 1 aliphatic heterocycles. The van der Waals surface area contributed by atoms with E-state index in [-0.39, 0.29) is 18.2 Å². The summed E-state index contributed by atoms with van der Waals surface area (Å²) in [6.07, 6.45) is 6.05. The van der Waals surface area contributed by atoms with Crippen molar-refractivity contribution < 1.29 is 25.0 Å². The van der Waals surface area contributed by atoms with Crippen LogP contribution >= 0.6 is 0 Å². The number of nitrogens with two attached hydrogens (primary N) is 1. The minimum atomic E-state index is -0.204. The van der Waals surface area contributed by atoms with Crippen LogP contribution < -0.4 is 24.8 Å². The predicted molar refractivity (Wildman–Crippen MR) is 151 cm³/mol. The summed E-state index contributed by atoms with van der Waals surface area (Å²) in [5, 5.41) is 9.99. The smallest absolute Gasteiger partial charge is 0.330 e. The summed E-state index contributed by atoms with van der Waals surface area (Å²) in [6.45, 7) is 6.05. The number of nitrogens with zero attached hydrogens (tertiary/aromatic N) is 4. The van der Waals surface area contributed by atoms with Crippen molar-refractivity contribution in [3.8, 4) is 11.5 Å². The summed E-state index contributed by atoms with van der Waals surface area (Å²) in [5.74, 6) is 1.58. The monoisotopic (exact) mass is 532 g/mol. The number of rotatable bonds is 7. The van der Waals surface area contributed by atoms with Crippen LogP contribution in [0.2, 0.25) is 0 Å². The molecule has 0 radical (unpaired) electrons. The third kappa shape index (κ3) is 5.79. The van der Waals surface area contributed by atoms with Crippen LogP contribution in [0.25, 0.3) is 0 Å². The summed E-state index contributed by atoms with van der Waals surface area (Å²) < 4.78 is 11.9. The van der Waals surface area contributed by atoms with Gasteiger partial charge in [0.05, 0.1) is 18.9 Å². The van der Waals surface area contributed by atoms with Crippen molar-refractivity contribution in [1.82, 2.24) is 9.88 Å². The van der Waals surface area contributed by atoms with Gasteiger partial charge in [0.15, 0.2) is 11.5 Å². The van der Waals surface area contributed by atoms with Crippen LogP contribution in [0.1, 0.15) is 38.2 Å². The zero-order valence-corrected chi connectivity index (χ0v) is 22.9. The average molecular weight is 533 g/mol. The Hall–Kier alpha value is -3.82. The van der Waals surface area contributed by atoms with Crippen LogP contribution in [0.4, 0.5) is 27.7 Å². The quantitative estimate of drug-likeness (QED) is 0.426. The molecule has 1 aromatic heterocycles. The van der Waals surface area contributed by atoms with Crippen molar-refractivity contribution >= 4 is 28.9 Å². The number of benzene rings is 2. The maximum Gasteiger partial charge on any atom is 0.330 e. The first-order valence-electron chi connectivity index (χ1n) is 13.7. The highest BCUT2D eigenvalue weighted by atomic mass is 16.5. The molecule has 1 atom stereocenters. The van der Waals surface area contributed by atoms with Crippen molar-refractivity contribution in [2.45, 2.75) is 51.7 Å². The molecule has 2 amide bonds. The molecule has 2 aliphatic rings. The van der Waals surface area contributed by atoms with E-state index in [1.54, 1.807) is 30.3 Å². The van der Waals surface area contributed by atoms with Crippen molar-refractivity contribution in [2.24, 2.45) is 0 Å². The first-order chi connectivity index (χ1) is 19.0. The number of piperazine rings is 1. The number of pyridine rings is 1. The number of hydrogen-bond acceptors (Lipinski definition) is 6. The summed E-state index contributed by atoms with van der Waals surface area (Å²) in [6, 6.07) is 17.4. The summed E-state index contributed by atoms with van der Waals surface area (Å²) in [5.41, 5.74) is 4.41. The second-order valence-corrected chi connectivity index (χ2v) is 10.4. The molecule has 3 N–H and O–H groups in total. The molecule has 1 saturated carbocycles. The molecule has 9 nitrogen and oxygen atoms in total. The van der Waals surface area contributed by atoms with E-state index >= 15 is 0 Å². The number of carbonyl (C=O) groups is 1. The number of hydrogen-bond donors (Lipinski definition) is 2. The van der Waals surface area contributed by atoms with Crippen LogP contribution in [-0.4, -0.2) is 60.0 Å². The molecule has 2 aromatic carbocycles. The van der Waals surface area contributed by atoms with Gasteiger partial charge in [0.2, 0.25) is 11.5 Å². The molecule has 39 heavy (non-hydrogen) atoms. The predicted octanol–water partition coefficient (Wildman–Crippen LogP) is 4.77. The highest BCUT2D eigenvalue weighted by Crippen LogP contribution is 2.38. The SMILES string of the molecule is COc1ccc(N(C(=O)N2CCN(c3cccc(C)c3)C(C)C2)c2ncccc2[NH2+]O)cc1OC1CCCC1. The largest absolute Gasteiger partial charge is 0.493 e. The van der Waals surface area contributed by atoms with Gasteiger partial charge in [-0.2, -0.15) is 5.48 Å². The first kappa shape index (κ1) is 26.8. The van der Waals surface area contributed by atoms with Crippen molar-refractivity contribution in [1.29, 1.82) is 0 Å². The Morgan fingerprint density at radius 1 is 1.08 bits per heavy atom. The van der Waals surface area contributed by atoms with Crippen molar-refractivity contribution in [3.05, 3.63) is 66.4 Å². The van der Waals surface area contributed by atoms with E-state index in [0.717, 1.165) is 36.9 Å². The van der Waals surface area contributed by atoms with Crippen molar-refractivity contribution in [3.63, 3.8) is 0 Å². The lowest BCUT2D eigenvalue weighted by atomic mass is 10.1. The molecule has 3 aromatic rings. The fourth-order valence-corrected chi connectivity index (χ4v) is 5.57. The molecule has 0 bridgehead atoms. The van der Waals surface area contributed by atoms with E-state index < -0.39 is 0 Å². The van der Waals surface area contributed by atoms with Gasteiger partial charge in [0, 0.05) is 49.7 Å². The standard InChI is InChI=1S/C30H37N5O4/c1-21-8-6-9-23(18-21)34-17-16-33(20-22(34)2)30(36)35(29-26(32-37)12-7-15-31-29)24-13-14-27(38-3)28(19-24)39-25-10-4-5-11-25/h6-9,12-15,18-19,22,25,32,37H,4-5,10-11,16-17,20H2,1-3H3/p+1. The number of ether oxygens (including phenoxy) is 2. The van der Waals surface area contributed by atoms with Crippen LogP contribution in [0.15, 0.2) is 60.8 Å². The second-order valence-electron chi connectivity index (χ2n) is 10.4. The number of urea groups is 1. The lowest BCUT2D eigenvalue weighted by Crippen LogP contribution is -2.74. The minimum Gasteiger partial charge on any atom is -0.493 e. The Kier molecular flexibility index (Phi) is 8.18. The molecule has 5 rings (SSSR count). The number of amides is 2. The molecule has 206 valence electrons. The van der Waals surface area contributed by atoms with Gasteiger partial charge in [-0.15, -0.1) is 0 Å². The van der Waals surface area contributed by atoms with Crippen LogP contribution in [0, 0.1) is 6.92 Å². The zero-order chi connectivity index (χ0) is 27.4. The molecule has 1 saturated heterocycles. The number of anilines is 3. The third-order valence-corrected chi connectivity index (χ3v) is 7.59. The Morgan fingerprint density at radius 2 is 1.90 bits per heavy atom. The number of quaternary nitrogens is 1. The van der Waals surface area contributed by atoms with Gasteiger partial charge in [-0.3, -0.25) is 0 Å². The Bertz CT molecular complexity index is 1300. The summed E-state index contributed by atoms with van der Waals surface area (Å²) in [7, 11) is 1.62. The van der Waals surface area contributed by atoms with Gasteiger partial charge in [-0.25, -0.2) is 19.9 Å². The molecule has 1 unspecified atom stereocenters. The Morgan fingerprint density at radius 3 is 2.62 bits per heavy atom. The second kappa shape index (κ2) is 11.9. The molecule has 2 heterocycles. The lowest BCUT2D eigenvalue weighted by Gasteiger charge is -2.42.